The van der Waals surface area contributed by atoms with E-state index in [0.29, 0.717) is 25.1 Å². The van der Waals surface area contributed by atoms with Crippen LogP contribution in [-0.2, 0) is 20.9 Å². The third-order valence-corrected chi connectivity index (χ3v) is 6.78. The van der Waals surface area contributed by atoms with Gasteiger partial charge in [0.05, 0.1) is 6.04 Å². The first-order valence-corrected chi connectivity index (χ1v) is 11.4. The van der Waals surface area contributed by atoms with Gasteiger partial charge in [0.1, 0.15) is 11.7 Å². The molecule has 0 spiro atoms. The van der Waals surface area contributed by atoms with E-state index in [1.165, 1.54) is 11.8 Å². The predicted molar refractivity (Wildman–Crippen MR) is 126 cm³/mol. The number of β-lactam (4-membered cyclic amide) rings is 1. The Kier molecular flexibility index (Phi) is 5.61. The zero-order chi connectivity index (χ0) is 23.8. The maximum Gasteiger partial charge on any atom is 0.352 e. The van der Waals surface area contributed by atoms with E-state index in [1.807, 2.05) is 65.5 Å². The minimum absolute atomic E-state index is 0.0405. The number of benzene rings is 1. The summed E-state index contributed by atoms with van der Waals surface area (Å²) in [5.41, 5.74) is 2.73. The summed E-state index contributed by atoms with van der Waals surface area (Å²) in [6, 6.07) is 13.3. The molecule has 5 rings (SSSR count). The predicted octanol–water partition coefficient (Wildman–Crippen LogP) is 2.50. The van der Waals surface area contributed by atoms with Crippen molar-refractivity contribution in [3.05, 3.63) is 89.4 Å². The fourth-order valence-corrected chi connectivity index (χ4v) is 5.27. The topological polar surface area (TPSA) is 81.8 Å². The molecule has 3 atom stereocenters. The second-order valence-electron chi connectivity index (χ2n) is 8.94. The molecule has 4 heterocycles. The molecule has 1 N–H and O–H groups in total. The molecule has 0 radical (unpaired) electrons. The highest BCUT2D eigenvalue weighted by Gasteiger charge is 2.63. The van der Waals surface area contributed by atoms with Gasteiger partial charge < -0.3 is 10.0 Å². The first-order chi connectivity index (χ1) is 16.4. The van der Waals surface area contributed by atoms with Crippen LogP contribution >= 0.6 is 0 Å². The van der Waals surface area contributed by atoms with Crippen molar-refractivity contribution in [2.75, 3.05) is 6.54 Å². The van der Waals surface area contributed by atoms with E-state index in [9.17, 15) is 19.5 Å². The van der Waals surface area contributed by atoms with Gasteiger partial charge in [0, 0.05) is 31.0 Å². The van der Waals surface area contributed by atoms with Crippen LogP contribution in [0.3, 0.4) is 0 Å². The van der Waals surface area contributed by atoms with E-state index in [4.69, 9.17) is 0 Å². The monoisotopic (exact) mass is 456 g/mol. The molecule has 7 heteroatoms. The Balaban J connectivity index is 1.35. The van der Waals surface area contributed by atoms with Crippen molar-refractivity contribution in [3.63, 3.8) is 0 Å². The Morgan fingerprint density at radius 1 is 1.09 bits per heavy atom. The number of carboxylic acids is 1. The maximum atomic E-state index is 12.8. The van der Waals surface area contributed by atoms with Gasteiger partial charge >= 0.3 is 5.97 Å². The number of hydrogen-bond acceptors (Lipinski definition) is 3. The number of allylic oxidation sites excluding steroid dienone is 3. The van der Waals surface area contributed by atoms with Gasteiger partial charge in [-0.15, -0.1) is 0 Å². The van der Waals surface area contributed by atoms with Gasteiger partial charge in [0.2, 0.25) is 5.91 Å². The summed E-state index contributed by atoms with van der Waals surface area (Å²) in [6.45, 7) is 2.64. The smallest absolute Gasteiger partial charge is 0.352 e. The number of carbonyl (C=O) groups is 3. The highest BCUT2D eigenvalue weighted by atomic mass is 16.4. The van der Waals surface area contributed by atoms with Crippen LogP contribution in [0.1, 0.15) is 24.5 Å². The van der Waals surface area contributed by atoms with Crippen molar-refractivity contribution in [1.29, 1.82) is 0 Å². The molecule has 0 aliphatic carbocycles. The zero-order valence-corrected chi connectivity index (χ0v) is 18.9. The van der Waals surface area contributed by atoms with Crippen LogP contribution < -0.4 is 4.57 Å². The van der Waals surface area contributed by atoms with E-state index < -0.39 is 12.0 Å². The van der Waals surface area contributed by atoms with Crippen LogP contribution in [0.15, 0.2) is 78.3 Å². The van der Waals surface area contributed by atoms with Gasteiger partial charge in [-0.1, -0.05) is 42.5 Å². The van der Waals surface area contributed by atoms with Gasteiger partial charge in [-0.3, -0.25) is 14.5 Å². The Labute approximate surface area is 197 Å². The quantitative estimate of drug-likeness (QED) is 0.535. The Morgan fingerprint density at radius 2 is 1.85 bits per heavy atom. The summed E-state index contributed by atoms with van der Waals surface area (Å²) in [5.74, 6) is -1.50. The third-order valence-electron chi connectivity index (χ3n) is 6.78. The Bertz CT molecular complexity index is 1250. The number of likely N-dealkylation sites (tertiary alicyclic amines) is 1. The van der Waals surface area contributed by atoms with Gasteiger partial charge in [0.15, 0.2) is 18.9 Å². The molecule has 1 aromatic carbocycles. The van der Waals surface area contributed by atoms with Crippen LogP contribution in [0.5, 0.6) is 0 Å². The number of rotatable bonds is 6. The average Bonchev–Trinajstić information content (AvgIpc) is 3.20. The first kappa shape index (κ1) is 21.8. The lowest BCUT2D eigenvalue weighted by Crippen LogP contribution is -2.69. The molecular formula is C27H26N3O4+. The normalized spacial score (nSPS) is 23.6. The molecule has 0 saturated carbocycles. The minimum atomic E-state index is -1.11. The van der Waals surface area contributed by atoms with Crippen LogP contribution in [0.4, 0.5) is 0 Å². The zero-order valence-electron chi connectivity index (χ0n) is 18.9. The second kappa shape index (κ2) is 8.74. The van der Waals surface area contributed by atoms with Gasteiger partial charge in [-0.2, -0.15) is 0 Å². The van der Waals surface area contributed by atoms with Crippen molar-refractivity contribution >= 4 is 29.9 Å². The fourth-order valence-electron chi connectivity index (χ4n) is 5.27. The van der Waals surface area contributed by atoms with E-state index in [0.717, 1.165) is 11.1 Å². The molecule has 3 aliphatic rings. The minimum Gasteiger partial charge on any atom is -0.477 e. The molecule has 3 aliphatic heterocycles. The molecule has 2 saturated heterocycles. The number of hydrogen-bond donors (Lipinski definition) is 1. The highest BCUT2D eigenvalue weighted by molar-refractivity contribution is 6.02. The van der Waals surface area contributed by atoms with Crippen LogP contribution in [0, 0.1) is 5.92 Å². The number of aliphatic carboxylic acids is 1. The fraction of sp³-hybridized carbons (Fsp3) is 0.259. The first-order valence-electron chi connectivity index (χ1n) is 11.4. The van der Waals surface area contributed by atoms with E-state index in [2.05, 4.69) is 12.2 Å². The molecular weight excluding hydrogens is 430 g/mol. The molecule has 1 aromatic heterocycles. The largest absolute Gasteiger partial charge is 0.477 e. The lowest BCUT2D eigenvalue weighted by molar-refractivity contribution is -0.687. The summed E-state index contributed by atoms with van der Waals surface area (Å²) >= 11 is 0. The molecule has 2 fully saturated rings. The lowest BCUT2D eigenvalue weighted by Gasteiger charge is -2.49. The number of carbonyl (C=O) groups excluding carboxylic acids is 2. The number of pyridine rings is 1. The standard InChI is InChI=1S/C27H25N3O4/c1-18(31)29-17-22-15-21(24(27(33)34)30-23(22)25(29)26(30)32)12-11-20-10-6-14-28(16-20)13-5-9-19-7-3-2-4-8-19/h2-12,14,16,22-23,25H,13,15,17H2,1H3/p+1/t22?,23-,25?/m1/s1. The van der Waals surface area contributed by atoms with Crippen LogP contribution in [-0.4, -0.2) is 51.3 Å². The Hall–Kier alpha value is -4.00. The highest BCUT2D eigenvalue weighted by Crippen LogP contribution is 2.47. The van der Waals surface area contributed by atoms with Gasteiger partial charge in [0.25, 0.3) is 5.91 Å². The maximum absolute atomic E-state index is 12.8. The molecule has 0 bridgehead atoms. The number of aromatic nitrogens is 1. The molecule has 172 valence electrons. The van der Waals surface area contributed by atoms with Crippen molar-refractivity contribution in [1.82, 2.24) is 9.80 Å². The molecule has 2 amide bonds. The third kappa shape index (κ3) is 3.83. The van der Waals surface area contributed by atoms with E-state index in [-0.39, 0.29) is 29.5 Å². The summed E-state index contributed by atoms with van der Waals surface area (Å²) in [6.07, 6.45) is 12.3. The lowest BCUT2D eigenvalue weighted by atomic mass is 9.79. The summed E-state index contributed by atoms with van der Waals surface area (Å²) in [4.78, 5) is 39.8. The second-order valence-corrected chi connectivity index (χ2v) is 8.94. The van der Waals surface area contributed by atoms with Crippen molar-refractivity contribution in [2.24, 2.45) is 5.92 Å². The van der Waals surface area contributed by atoms with Gasteiger partial charge in [-0.05, 0) is 35.8 Å². The molecule has 2 unspecified atom stereocenters. The molecule has 7 nitrogen and oxygen atoms in total. The van der Waals surface area contributed by atoms with E-state index in [1.54, 1.807) is 11.0 Å². The molecule has 34 heavy (non-hydrogen) atoms. The summed E-state index contributed by atoms with van der Waals surface area (Å²) in [5, 5.41) is 9.87. The van der Waals surface area contributed by atoms with Crippen LogP contribution in [0.2, 0.25) is 0 Å². The summed E-state index contributed by atoms with van der Waals surface area (Å²) < 4.78 is 2.05. The SMILES string of the molecule is CC(=O)N1CC2CC(C=Cc3ccc[n+](CC=Cc4ccccc4)c3)=C(C(=O)O)N3C(=O)C1[C@@H]23. The van der Waals surface area contributed by atoms with Gasteiger partial charge in [-0.25, -0.2) is 9.36 Å². The number of nitrogens with zero attached hydrogens (tertiary/aromatic N) is 3. The van der Waals surface area contributed by atoms with Crippen molar-refractivity contribution < 1.29 is 24.1 Å². The summed E-state index contributed by atoms with van der Waals surface area (Å²) in [7, 11) is 0. The number of amides is 2. The average molecular weight is 457 g/mol. The van der Waals surface area contributed by atoms with E-state index >= 15 is 0 Å². The number of carboxylic acid groups (broad SMARTS) is 1. The van der Waals surface area contributed by atoms with Crippen LogP contribution in [0.25, 0.3) is 12.2 Å². The van der Waals surface area contributed by atoms with Crippen molar-refractivity contribution in [2.45, 2.75) is 32.0 Å². The molecule has 2 aromatic rings. The van der Waals surface area contributed by atoms with Crippen molar-refractivity contribution in [3.8, 4) is 0 Å². The Morgan fingerprint density at radius 3 is 2.59 bits per heavy atom.